The smallest absolute Gasteiger partial charge is 0.306 e. The van der Waals surface area contributed by atoms with Crippen LogP contribution in [0.25, 0.3) is 0 Å². The molecule has 0 bridgehead atoms. The Morgan fingerprint density at radius 1 is 1.25 bits per heavy atom. The van der Waals surface area contributed by atoms with Crippen LogP contribution in [-0.2, 0) is 20.9 Å². The molecule has 24 heavy (non-hydrogen) atoms. The number of ether oxygens (including phenoxy) is 1. The van der Waals surface area contributed by atoms with E-state index in [2.05, 4.69) is 4.98 Å². The van der Waals surface area contributed by atoms with E-state index in [0.717, 1.165) is 11.3 Å². The van der Waals surface area contributed by atoms with Crippen LogP contribution < -0.4 is 0 Å². The molecule has 2 aromatic rings. The van der Waals surface area contributed by atoms with Gasteiger partial charge in [-0.3, -0.25) is 14.6 Å². The summed E-state index contributed by atoms with van der Waals surface area (Å²) in [7, 11) is 0. The van der Waals surface area contributed by atoms with Crippen molar-refractivity contribution in [1.82, 2.24) is 9.88 Å². The highest BCUT2D eigenvalue weighted by Crippen LogP contribution is 2.26. The summed E-state index contributed by atoms with van der Waals surface area (Å²) in [5, 5.41) is 0. The van der Waals surface area contributed by atoms with Crippen molar-refractivity contribution >= 4 is 11.9 Å². The van der Waals surface area contributed by atoms with Gasteiger partial charge in [-0.2, -0.15) is 0 Å². The van der Waals surface area contributed by atoms with E-state index in [4.69, 9.17) is 4.74 Å². The predicted molar refractivity (Wildman–Crippen MR) is 88.8 cm³/mol. The van der Waals surface area contributed by atoms with Gasteiger partial charge in [0.05, 0.1) is 18.3 Å². The van der Waals surface area contributed by atoms with Crippen LogP contribution in [-0.4, -0.2) is 27.9 Å². The summed E-state index contributed by atoms with van der Waals surface area (Å²) < 4.78 is 5.18. The second-order valence-corrected chi connectivity index (χ2v) is 5.89. The highest BCUT2D eigenvalue weighted by atomic mass is 16.6. The molecule has 2 atom stereocenters. The molecule has 5 nitrogen and oxygen atoms in total. The maximum atomic E-state index is 12.9. The lowest BCUT2D eigenvalue weighted by molar-refractivity contribution is -0.154. The molecule has 1 fully saturated rings. The number of cyclic esters (lactones) is 1. The topological polar surface area (TPSA) is 59.5 Å². The van der Waals surface area contributed by atoms with Crippen molar-refractivity contribution in [3.05, 3.63) is 66.0 Å². The van der Waals surface area contributed by atoms with E-state index in [1.54, 1.807) is 11.1 Å². The molecular weight excluding hydrogens is 304 g/mol. The molecule has 0 radical (unpaired) electrons. The molecular formula is C19H20N2O3. The molecule has 124 valence electrons. The summed E-state index contributed by atoms with van der Waals surface area (Å²) in [5.41, 5.74) is 1.84. The van der Waals surface area contributed by atoms with E-state index >= 15 is 0 Å². The van der Waals surface area contributed by atoms with Gasteiger partial charge < -0.3 is 9.64 Å². The minimum Gasteiger partial charge on any atom is -0.452 e. The number of hydrogen-bond acceptors (Lipinski definition) is 4. The first-order chi connectivity index (χ1) is 11.6. The Morgan fingerprint density at radius 3 is 2.62 bits per heavy atom. The highest BCUT2D eigenvalue weighted by Gasteiger charge is 2.35. The summed E-state index contributed by atoms with van der Waals surface area (Å²) in [6.45, 7) is 2.36. The average molecular weight is 324 g/mol. The van der Waals surface area contributed by atoms with Crippen molar-refractivity contribution in [1.29, 1.82) is 0 Å². The molecule has 2 heterocycles. The maximum absolute atomic E-state index is 12.9. The quantitative estimate of drug-likeness (QED) is 0.794. The predicted octanol–water partition coefficient (Wildman–Crippen LogP) is 2.88. The summed E-state index contributed by atoms with van der Waals surface area (Å²) in [5.74, 6) is -0.471. The van der Waals surface area contributed by atoms with Gasteiger partial charge in [0.15, 0.2) is 6.10 Å². The van der Waals surface area contributed by atoms with Gasteiger partial charge in [0, 0.05) is 19.0 Å². The summed E-state index contributed by atoms with van der Waals surface area (Å²) in [6.07, 6.45) is 1.76. The number of pyridine rings is 1. The van der Waals surface area contributed by atoms with Crippen LogP contribution >= 0.6 is 0 Å². The number of nitrogens with zero attached hydrogens (tertiary/aromatic N) is 2. The second kappa shape index (κ2) is 7.25. The lowest BCUT2D eigenvalue weighted by Crippen LogP contribution is -2.40. The van der Waals surface area contributed by atoms with E-state index in [-0.39, 0.29) is 17.9 Å². The van der Waals surface area contributed by atoms with Crippen molar-refractivity contribution in [2.45, 2.75) is 38.5 Å². The van der Waals surface area contributed by atoms with Crippen molar-refractivity contribution in [3.8, 4) is 0 Å². The van der Waals surface area contributed by atoms with Crippen LogP contribution in [0.2, 0.25) is 0 Å². The normalized spacial score (nSPS) is 18.0. The van der Waals surface area contributed by atoms with Crippen LogP contribution in [0.4, 0.5) is 0 Å². The number of hydrogen-bond donors (Lipinski definition) is 0. The fourth-order valence-electron chi connectivity index (χ4n) is 2.87. The number of esters is 1. The summed E-state index contributed by atoms with van der Waals surface area (Å²) in [6, 6.07) is 15.3. The van der Waals surface area contributed by atoms with E-state index in [1.165, 1.54) is 0 Å². The van der Waals surface area contributed by atoms with Crippen LogP contribution in [0.1, 0.15) is 37.1 Å². The molecule has 0 saturated carbocycles. The first kappa shape index (κ1) is 16.2. The molecule has 1 saturated heterocycles. The molecule has 1 aromatic heterocycles. The third-order valence-electron chi connectivity index (χ3n) is 4.25. The van der Waals surface area contributed by atoms with E-state index < -0.39 is 6.10 Å². The number of aromatic nitrogens is 1. The van der Waals surface area contributed by atoms with Crippen LogP contribution in [0, 0.1) is 0 Å². The SMILES string of the molecule is C[C@H](c1ccccc1)N(Cc1ccccn1)C(=O)[C@@H]1CCC(=O)O1. The van der Waals surface area contributed by atoms with Gasteiger partial charge in [-0.25, -0.2) is 0 Å². The summed E-state index contributed by atoms with van der Waals surface area (Å²) >= 11 is 0. The average Bonchev–Trinajstić information content (AvgIpc) is 3.06. The van der Waals surface area contributed by atoms with Crippen molar-refractivity contribution in [3.63, 3.8) is 0 Å². The first-order valence-electron chi connectivity index (χ1n) is 8.10. The fraction of sp³-hybridized carbons (Fsp3) is 0.316. The number of carbonyl (C=O) groups is 2. The zero-order valence-electron chi connectivity index (χ0n) is 13.6. The third kappa shape index (κ3) is 3.62. The molecule has 0 aliphatic carbocycles. The molecule has 1 amide bonds. The molecule has 5 heteroatoms. The number of benzene rings is 1. The Labute approximate surface area is 141 Å². The molecule has 1 aromatic carbocycles. The summed E-state index contributed by atoms with van der Waals surface area (Å²) in [4.78, 5) is 30.4. The minimum atomic E-state index is -0.688. The van der Waals surface area contributed by atoms with Gasteiger partial charge >= 0.3 is 5.97 Å². The zero-order chi connectivity index (χ0) is 16.9. The van der Waals surface area contributed by atoms with Gasteiger partial charge in [-0.15, -0.1) is 0 Å². The van der Waals surface area contributed by atoms with E-state index in [0.29, 0.717) is 19.4 Å². The molecule has 1 aliphatic rings. The van der Waals surface area contributed by atoms with Crippen molar-refractivity contribution in [2.75, 3.05) is 0 Å². The van der Waals surface area contributed by atoms with Gasteiger partial charge in [-0.1, -0.05) is 36.4 Å². The van der Waals surface area contributed by atoms with Crippen LogP contribution in [0.3, 0.4) is 0 Å². The third-order valence-corrected chi connectivity index (χ3v) is 4.25. The maximum Gasteiger partial charge on any atom is 0.306 e. The number of amides is 1. The minimum absolute atomic E-state index is 0.139. The van der Waals surface area contributed by atoms with Gasteiger partial charge in [0.25, 0.3) is 5.91 Å². The molecule has 0 unspecified atom stereocenters. The Morgan fingerprint density at radius 2 is 2.00 bits per heavy atom. The van der Waals surface area contributed by atoms with E-state index in [1.807, 2.05) is 55.5 Å². The van der Waals surface area contributed by atoms with Gasteiger partial charge in [-0.05, 0) is 24.6 Å². The van der Waals surface area contributed by atoms with E-state index in [9.17, 15) is 9.59 Å². The Kier molecular flexibility index (Phi) is 4.89. The van der Waals surface area contributed by atoms with Gasteiger partial charge in [0.1, 0.15) is 0 Å². The van der Waals surface area contributed by atoms with Crippen molar-refractivity contribution < 1.29 is 14.3 Å². The Hall–Kier alpha value is -2.69. The highest BCUT2D eigenvalue weighted by molar-refractivity contribution is 5.86. The second-order valence-electron chi connectivity index (χ2n) is 5.89. The molecule has 0 spiro atoms. The number of rotatable bonds is 5. The first-order valence-corrected chi connectivity index (χ1v) is 8.10. The number of carbonyl (C=O) groups excluding carboxylic acids is 2. The molecule has 0 N–H and O–H groups in total. The largest absolute Gasteiger partial charge is 0.452 e. The fourth-order valence-corrected chi connectivity index (χ4v) is 2.87. The molecule has 1 aliphatic heterocycles. The Bertz CT molecular complexity index is 703. The lowest BCUT2D eigenvalue weighted by Gasteiger charge is -2.31. The van der Waals surface area contributed by atoms with Crippen LogP contribution in [0.15, 0.2) is 54.7 Å². The van der Waals surface area contributed by atoms with Gasteiger partial charge in [0.2, 0.25) is 0 Å². The van der Waals surface area contributed by atoms with Crippen LogP contribution in [0.5, 0.6) is 0 Å². The standard InChI is InChI=1S/C19H20N2O3/c1-14(15-7-3-2-4-8-15)21(13-16-9-5-6-12-20-16)19(23)17-10-11-18(22)24-17/h2-9,12,14,17H,10-11,13H2,1H3/t14-,17+/m1/s1. The molecule has 3 rings (SSSR count). The Balaban J connectivity index is 1.85. The lowest BCUT2D eigenvalue weighted by atomic mass is 10.1. The monoisotopic (exact) mass is 324 g/mol. The van der Waals surface area contributed by atoms with Crippen molar-refractivity contribution in [2.24, 2.45) is 0 Å². The zero-order valence-corrected chi connectivity index (χ0v) is 13.6.